The van der Waals surface area contributed by atoms with Gasteiger partial charge in [0.2, 0.25) is 17.6 Å². The number of benzene rings is 2. The van der Waals surface area contributed by atoms with Crippen LogP contribution in [0.5, 0.6) is 5.75 Å². The van der Waals surface area contributed by atoms with Crippen LogP contribution in [0.3, 0.4) is 0 Å². The van der Waals surface area contributed by atoms with Crippen LogP contribution in [-0.2, 0) is 30.8 Å². The van der Waals surface area contributed by atoms with E-state index in [2.05, 4.69) is 39.0 Å². The zero-order chi connectivity index (χ0) is 20.1. The Bertz CT molecular complexity index is 982. The molecule has 2 heterocycles. The highest BCUT2D eigenvalue weighted by molar-refractivity contribution is 5.76. The van der Waals surface area contributed by atoms with Crippen molar-refractivity contribution in [3.05, 3.63) is 65.0 Å². The first kappa shape index (κ1) is 19.1. The number of rotatable bonds is 8. The molecule has 7 nitrogen and oxygen atoms in total. The summed E-state index contributed by atoms with van der Waals surface area (Å²) in [7, 11) is 0. The van der Waals surface area contributed by atoms with Gasteiger partial charge in [-0.2, -0.15) is 4.98 Å². The molecule has 2 aromatic carbocycles. The number of carbonyl (C=O) groups excluding carboxylic acids is 1. The number of hydrogen-bond donors (Lipinski definition) is 2. The molecule has 4 rings (SSSR count). The molecule has 0 atom stereocenters. The monoisotopic (exact) mass is 392 g/mol. The lowest BCUT2D eigenvalue weighted by Gasteiger charge is -2.06. The van der Waals surface area contributed by atoms with E-state index >= 15 is 0 Å². The minimum atomic E-state index is -0.0376. The van der Waals surface area contributed by atoms with E-state index in [1.165, 1.54) is 11.1 Å². The molecule has 1 aliphatic heterocycles. The quantitative estimate of drug-likeness (QED) is 0.613. The number of ether oxygens (including phenoxy) is 1. The van der Waals surface area contributed by atoms with Crippen molar-refractivity contribution in [2.45, 2.75) is 39.4 Å². The summed E-state index contributed by atoms with van der Waals surface area (Å²) in [4.78, 5) is 16.6. The van der Waals surface area contributed by atoms with E-state index in [9.17, 15) is 4.79 Å². The van der Waals surface area contributed by atoms with Gasteiger partial charge in [-0.15, -0.1) is 0 Å². The van der Waals surface area contributed by atoms with Gasteiger partial charge in [0.05, 0.1) is 6.61 Å². The lowest BCUT2D eigenvalue weighted by atomic mass is 10.1. The Morgan fingerprint density at radius 2 is 2.00 bits per heavy atom. The SMILES string of the molecule is CCOc1ccc(-c2noc(CCC(=O)NCc3ccc4c(c3)CNC4)n2)cc1. The number of carbonyl (C=O) groups is 1. The lowest BCUT2D eigenvalue weighted by Crippen LogP contribution is -2.23. The zero-order valence-corrected chi connectivity index (χ0v) is 16.4. The molecule has 150 valence electrons. The van der Waals surface area contributed by atoms with Crippen molar-refractivity contribution in [3.8, 4) is 17.1 Å². The van der Waals surface area contributed by atoms with Crippen LogP contribution in [0, 0.1) is 0 Å². The smallest absolute Gasteiger partial charge is 0.227 e. The Balaban J connectivity index is 1.26. The molecule has 0 fully saturated rings. The van der Waals surface area contributed by atoms with Gasteiger partial charge in [-0.25, -0.2) is 0 Å². The van der Waals surface area contributed by atoms with Gasteiger partial charge in [-0.1, -0.05) is 23.4 Å². The number of amides is 1. The topological polar surface area (TPSA) is 89.3 Å². The van der Waals surface area contributed by atoms with E-state index < -0.39 is 0 Å². The van der Waals surface area contributed by atoms with Crippen molar-refractivity contribution in [1.29, 1.82) is 0 Å². The van der Waals surface area contributed by atoms with Gasteiger partial charge in [0.1, 0.15) is 5.75 Å². The third kappa shape index (κ3) is 4.81. The average Bonchev–Trinajstić information content (AvgIpc) is 3.40. The minimum absolute atomic E-state index is 0.0376. The number of fused-ring (bicyclic) bond motifs is 1. The molecule has 7 heteroatoms. The van der Waals surface area contributed by atoms with Crippen LogP contribution in [0.1, 0.15) is 35.9 Å². The number of aromatic nitrogens is 2. The van der Waals surface area contributed by atoms with Crippen molar-refractivity contribution in [3.63, 3.8) is 0 Å². The first-order chi connectivity index (χ1) is 14.2. The molecule has 0 unspecified atom stereocenters. The second-order valence-electron chi connectivity index (χ2n) is 6.95. The molecule has 2 N–H and O–H groups in total. The van der Waals surface area contributed by atoms with Crippen LogP contribution in [0.25, 0.3) is 11.4 Å². The van der Waals surface area contributed by atoms with Crippen LogP contribution in [0.15, 0.2) is 47.0 Å². The van der Waals surface area contributed by atoms with Gasteiger partial charge >= 0.3 is 0 Å². The van der Waals surface area contributed by atoms with Crippen molar-refractivity contribution in [1.82, 2.24) is 20.8 Å². The molecular formula is C22H24N4O3. The Morgan fingerprint density at radius 3 is 2.83 bits per heavy atom. The van der Waals surface area contributed by atoms with Crippen LogP contribution in [-0.4, -0.2) is 22.7 Å². The fourth-order valence-electron chi connectivity index (χ4n) is 3.31. The second-order valence-corrected chi connectivity index (χ2v) is 6.95. The van der Waals surface area contributed by atoms with Crippen molar-refractivity contribution in [2.75, 3.05) is 6.61 Å². The van der Waals surface area contributed by atoms with E-state index in [1.807, 2.05) is 31.2 Å². The third-order valence-corrected chi connectivity index (χ3v) is 4.85. The predicted octanol–water partition coefficient (Wildman–Crippen LogP) is 2.99. The molecule has 0 aliphatic carbocycles. The first-order valence-corrected chi connectivity index (χ1v) is 9.85. The van der Waals surface area contributed by atoms with Gasteiger partial charge in [0, 0.05) is 38.0 Å². The van der Waals surface area contributed by atoms with Crippen LogP contribution >= 0.6 is 0 Å². The van der Waals surface area contributed by atoms with Gasteiger partial charge in [0.25, 0.3) is 0 Å². The first-order valence-electron chi connectivity index (χ1n) is 9.85. The Labute approximate surface area is 169 Å². The van der Waals surface area contributed by atoms with E-state index in [1.54, 1.807) is 0 Å². The molecule has 0 spiro atoms. The molecule has 1 amide bonds. The summed E-state index contributed by atoms with van der Waals surface area (Å²) in [6.45, 7) is 4.90. The van der Waals surface area contributed by atoms with Crippen LogP contribution < -0.4 is 15.4 Å². The minimum Gasteiger partial charge on any atom is -0.494 e. The van der Waals surface area contributed by atoms with Crippen LogP contribution in [0.2, 0.25) is 0 Å². The summed E-state index contributed by atoms with van der Waals surface area (Å²) in [6, 6.07) is 13.9. The summed E-state index contributed by atoms with van der Waals surface area (Å²) < 4.78 is 10.7. The molecule has 29 heavy (non-hydrogen) atoms. The Hall–Kier alpha value is -3.19. The summed E-state index contributed by atoms with van der Waals surface area (Å²) in [6.07, 6.45) is 0.710. The fraction of sp³-hybridized carbons (Fsp3) is 0.318. The molecule has 0 radical (unpaired) electrons. The summed E-state index contributed by atoms with van der Waals surface area (Å²) in [5.41, 5.74) is 4.60. The summed E-state index contributed by atoms with van der Waals surface area (Å²) in [5.74, 6) is 1.73. The van der Waals surface area contributed by atoms with E-state index in [4.69, 9.17) is 9.26 Å². The Morgan fingerprint density at radius 1 is 1.17 bits per heavy atom. The Kier molecular flexibility index (Phi) is 5.86. The number of nitrogens with one attached hydrogen (secondary N) is 2. The van der Waals surface area contributed by atoms with Crippen LogP contribution in [0.4, 0.5) is 0 Å². The molecule has 0 saturated heterocycles. The normalized spacial score (nSPS) is 12.6. The van der Waals surface area contributed by atoms with E-state index in [0.29, 0.717) is 37.7 Å². The fourth-order valence-corrected chi connectivity index (χ4v) is 3.31. The largest absolute Gasteiger partial charge is 0.494 e. The maximum absolute atomic E-state index is 12.2. The standard InChI is InChI=1S/C22H24N4O3/c1-2-28-19-7-5-16(6-8-19)22-25-21(29-26-22)10-9-20(27)24-12-15-3-4-17-13-23-14-18(17)11-15/h3-8,11,23H,2,9-10,12-14H2,1H3,(H,24,27). The average molecular weight is 392 g/mol. The highest BCUT2D eigenvalue weighted by Crippen LogP contribution is 2.20. The zero-order valence-electron chi connectivity index (χ0n) is 16.4. The number of aryl methyl sites for hydroxylation is 1. The molecule has 0 bridgehead atoms. The van der Waals surface area contributed by atoms with E-state index in [-0.39, 0.29) is 5.91 Å². The molecule has 3 aromatic rings. The van der Waals surface area contributed by atoms with Gasteiger partial charge in [0.15, 0.2) is 0 Å². The number of hydrogen-bond acceptors (Lipinski definition) is 6. The maximum Gasteiger partial charge on any atom is 0.227 e. The van der Waals surface area contributed by atoms with Crippen molar-refractivity contribution in [2.24, 2.45) is 0 Å². The van der Waals surface area contributed by atoms with Gasteiger partial charge < -0.3 is 19.9 Å². The predicted molar refractivity (Wildman–Crippen MR) is 108 cm³/mol. The number of nitrogens with zero attached hydrogens (tertiary/aromatic N) is 2. The van der Waals surface area contributed by atoms with Crippen molar-refractivity contribution < 1.29 is 14.1 Å². The molecule has 1 aromatic heterocycles. The van der Waals surface area contributed by atoms with Crippen molar-refractivity contribution >= 4 is 5.91 Å². The molecular weight excluding hydrogens is 368 g/mol. The maximum atomic E-state index is 12.2. The second kappa shape index (κ2) is 8.87. The molecule has 1 aliphatic rings. The van der Waals surface area contributed by atoms with Gasteiger partial charge in [-0.3, -0.25) is 4.79 Å². The highest BCUT2D eigenvalue weighted by Gasteiger charge is 2.12. The van der Waals surface area contributed by atoms with Gasteiger partial charge in [-0.05, 0) is 47.9 Å². The van der Waals surface area contributed by atoms with E-state index in [0.717, 1.165) is 30.0 Å². The summed E-state index contributed by atoms with van der Waals surface area (Å²) >= 11 is 0. The molecule has 0 saturated carbocycles. The summed E-state index contributed by atoms with van der Waals surface area (Å²) in [5, 5.41) is 10.3. The highest BCUT2D eigenvalue weighted by atomic mass is 16.5. The third-order valence-electron chi connectivity index (χ3n) is 4.85. The lowest BCUT2D eigenvalue weighted by molar-refractivity contribution is -0.121.